The number of nitrogens with zero attached hydrogens (tertiary/aromatic N) is 3. The number of pyridine rings is 2. The van der Waals surface area contributed by atoms with Crippen LogP contribution in [0.3, 0.4) is 0 Å². The predicted molar refractivity (Wildman–Crippen MR) is 149 cm³/mol. The van der Waals surface area contributed by atoms with E-state index in [1.165, 1.54) is 45.4 Å². The minimum Gasteiger partial charge on any atom is -0.477 e. The van der Waals surface area contributed by atoms with Crippen LogP contribution in [0, 0.1) is 0 Å². The first kappa shape index (κ1) is 28.9. The quantitative estimate of drug-likeness (QED) is 0.0936. The second-order valence-corrected chi connectivity index (χ2v) is 12.5. The van der Waals surface area contributed by atoms with Gasteiger partial charge >= 0.3 is 11.9 Å². The van der Waals surface area contributed by atoms with Gasteiger partial charge in [0, 0.05) is 35.0 Å². The SMILES string of the molecule is O=C(O)C1=C(CSc2cc[n+](C(=O)CS(=O)O)cc2)CS[C@@H]2[C@@H](NC(=S)Cc3cc(Cl)nc(Cl)c3)C(=O)N12. The third-order valence-electron chi connectivity index (χ3n) is 5.50. The van der Waals surface area contributed by atoms with Gasteiger partial charge in [0.2, 0.25) is 0 Å². The fourth-order valence-corrected chi connectivity index (χ4v) is 7.38. The van der Waals surface area contributed by atoms with Gasteiger partial charge in [-0.2, -0.15) is 0 Å². The largest absolute Gasteiger partial charge is 0.477 e. The van der Waals surface area contributed by atoms with Crippen LogP contribution in [-0.2, 0) is 27.1 Å². The molecule has 3 N–H and O–H groups in total. The molecule has 2 aliphatic heterocycles. The number of thiocarbonyl (C=S) groups is 1. The van der Waals surface area contributed by atoms with Crippen molar-refractivity contribution in [3.05, 3.63) is 63.8 Å². The molecule has 10 nitrogen and oxygen atoms in total. The van der Waals surface area contributed by atoms with Crippen LogP contribution in [0.1, 0.15) is 10.4 Å². The Kier molecular flexibility index (Phi) is 9.44. The molecule has 16 heteroatoms. The van der Waals surface area contributed by atoms with E-state index in [1.54, 1.807) is 24.3 Å². The number of carboxylic acids is 1. The van der Waals surface area contributed by atoms with Crippen LogP contribution in [0.4, 0.5) is 0 Å². The van der Waals surface area contributed by atoms with E-state index in [2.05, 4.69) is 10.3 Å². The molecule has 200 valence electrons. The number of hydrogen-bond acceptors (Lipinski definition) is 8. The number of β-lactam (4-membered cyclic amide) rings is 1. The Labute approximate surface area is 243 Å². The maximum absolute atomic E-state index is 13.0. The smallest absolute Gasteiger partial charge is 0.407 e. The van der Waals surface area contributed by atoms with Gasteiger partial charge in [-0.3, -0.25) is 9.69 Å². The summed E-state index contributed by atoms with van der Waals surface area (Å²) < 4.78 is 20.9. The molecule has 2 aliphatic rings. The highest BCUT2D eigenvalue weighted by molar-refractivity contribution is 8.01. The maximum Gasteiger partial charge on any atom is 0.407 e. The van der Waals surface area contributed by atoms with Crippen molar-refractivity contribution in [3.63, 3.8) is 0 Å². The van der Waals surface area contributed by atoms with Crippen LogP contribution in [-0.4, -0.2) is 75.2 Å². The summed E-state index contributed by atoms with van der Waals surface area (Å²) in [6.07, 6.45) is 3.24. The van der Waals surface area contributed by atoms with Crippen molar-refractivity contribution >= 4 is 92.8 Å². The zero-order valence-corrected chi connectivity index (χ0v) is 24.0. The Hall–Kier alpha value is -2.07. The monoisotopic (exact) mass is 633 g/mol. The lowest BCUT2D eigenvalue weighted by molar-refractivity contribution is -0.572. The lowest BCUT2D eigenvalue weighted by Crippen LogP contribution is -2.70. The first-order valence-electron chi connectivity index (χ1n) is 10.8. The Bertz CT molecular complexity index is 1350. The lowest BCUT2D eigenvalue weighted by Gasteiger charge is -2.49. The molecular formula is C22H19Cl2N4O6S4+. The molecule has 0 spiro atoms. The number of aromatic nitrogens is 2. The summed E-state index contributed by atoms with van der Waals surface area (Å²) in [6.45, 7) is 0. The molecule has 1 unspecified atom stereocenters. The number of carbonyl (C=O) groups is 3. The van der Waals surface area contributed by atoms with Gasteiger partial charge in [0.25, 0.3) is 5.91 Å². The van der Waals surface area contributed by atoms with Crippen molar-refractivity contribution in [2.75, 3.05) is 17.3 Å². The number of halogens is 2. The molecule has 0 aliphatic carbocycles. The summed E-state index contributed by atoms with van der Waals surface area (Å²) in [6, 6.07) is 5.91. The number of carboxylic acid groups (broad SMARTS) is 1. The average Bonchev–Trinajstić information content (AvgIpc) is 2.84. The van der Waals surface area contributed by atoms with Gasteiger partial charge in [-0.25, -0.2) is 18.8 Å². The Balaban J connectivity index is 1.39. The third-order valence-corrected chi connectivity index (χ3v) is 9.08. The van der Waals surface area contributed by atoms with Crippen molar-refractivity contribution < 1.29 is 32.8 Å². The fourth-order valence-electron chi connectivity index (χ4n) is 3.85. The zero-order valence-electron chi connectivity index (χ0n) is 19.2. The molecule has 3 atom stereocenters. The van der Waals surface area contributed by atoms with Crippen molar-refractivity contribution in [2.45, 2.75) is 22.7 Å². The van der Waals surface area contributed by atoms with Crippen LogP contribution >= 0.6 is 58.9 Å². The van der Waals surface area contributed by atoms with E-state index in [0.29, 0.717) is 28.5 Å². The topological polar surface area (TPSA) is 141 Å². The Morgan fingerprint density at radius 3 is 2.55 bits per heavy atom. The van der Waals surface area contributed by atoms with Gasteiger partial charge in [-0.15, -0.1) is 28.1 Å². The van der Waals surface area contributed by atoms with E-state index < -0.39 is 40.1 Å². The van der Waals surface area contributed by atoms with E-state index >= 15 is 0 Å². The number of amides is 1. The van der Waals surface area contributed by atoms with Crippen LogP contribution < -0.4 is 9.88 Å². The summed E-state index contributed by atoms with van der Waals surface area (Å²) in [5.74, 6) is -1.87. The molecule has 0 bridgehead atoms. The lowest BCUT2D eigenvalue weighted by atomic mass is 10.0. The number of carbonyl (C=O) groups excluding carboxylic acids is 2. The molecule has 2 aromatic heterocycles. The second kappa shape index (κ2) is 12.4. The van der Waals surface area contributed by atoms with E-state index in [-0.39, 0.29) is 21.9 Å². The number of nitrogens with one attached hydrogen (secondary N) is 1. The highest BCUT2D eigenvalue weighted by Gasteiger charge is 2.53. The van der Waals surface area contributed by atoms with Crippen LogP contribution in [0.5, 0.6) is 0 Å². The summed E-state index contributed by atoms with van der Waals surface area (Å²) in [7, 11) is 0. The van der Waals surface area contributed by atoms with E-state index in [9.17, 15) is 23.7 Å². The summed E-state index contributed by atoms with van der Waals surface area (Å²) in [5.41, 5.74) is 1.30. The standard InChI is InChI=1S/C22H18Cl2N4O6S4/c23-14-5-11(6-15(24)25-14)7-16(35)26-18-20(30)28-19(22(31)32)12(9-37-21(18)28)8-36-13-1-3-27(4-2-13)17(29)10-38(33)34/h1-6,18,21H,7-10H2,(H2-,26,31,32,33,34,35)/p+1/t18-,21+/m0/s1. The molecule has 1 saturated heterocycles. The highest BCUT2D eigenvalue weighted by atomic mass is 35.5. The van der Waals surface area contributed by atoms with Crippen molar-refractivity contribution in [3.8, 4) is 0 Å². The number of rotatable bonds is 9. The molecule has 1 fully saturated rings. The molecule has 4 heterocycles. The molecule has 0 aromatic carbocycles. The molecule has 0 radical (unpaired) electrons. The van der Waals surface area contributed by atoms with Gasteiger partial charge in [0.05, 0.1) is 4.99 Å². The van der Waals surface area contributed by atoms with Gasteiger partial charge in [-0.1, -0.05) is 35.4 Å². The minimum absolute atomic E-state index is 0.0329. The molecule has 4 rings (SSSR count). The van der Waals surface area contributed by atoms with Crippen molar-refractivity contribution in [2.24, 2.45) is 0 Å². The molecular weight excluding hydrogens is 615 g/mol. The normalized spacial score (nSPS) is 19.4. The molecule has 38 heavy (non-hydrogen) atoms. The van der Waals surface area contributed by atoms with Gasteiger partial charge in [-0.05, 0) is 23.3 Å². The predicted octanol–water partition coefficient (Wildman–Crippen LogP) is 2.41. The minimum atomic E-state index is -2.23. The average molecular weight is 635 g/mol. The summed E-state index contributed by atoms with van der Waals surface area (Å²) in [5, 5.41) is 13.0. The van der Waals surface area contributed by atoms with Gasteiger partial charge in [0.1, 0.15) is 27.4 Å². The highest BCUT2D eigenvalue weighted by Crippen LogP contribution is 2.41. The van der Waals surface area contributed by atoms with Crippen LogP contribution in [0.2, 0.25) is 10.3 Å². The number of hydrogen-bond donors (Lipinski definition) is 3. The number of aliphatic carboxylic acids is 1. The van der Waals surface area contributed by atoms with E-state index in [1.807, 2.05) is 0 Å². The van der Waals surface area contributed by atoms with Gasteiger partial charge in [0.15, 0.2) is 29.2 Å². The zero-order chi connectivity index (χ0) is 27.6. The van der Waals surface area contributed by atoms with E-state index in [0.717, 1.165) is 10.5 Å². The first-order chi connectivity index (χ1) is 18.0. The number of thioether (sulfide) groups is 2. The van der Waals surface area contributed by atoms with Crippen molar-refractivity contribution in [1.82, 2.24) is 15.2 Å². The fraction of sp³-hybridized carbons (Fsp3) is 0.273. The Morgan fingerprint density at radius 1 is 1.29 bits per heavy atom. The second-order valence-electron chi connectivity index (χ2n) is 8.10. The molecule has 0 saturated carbocycles. The number of fused-ring (bicyclic) bond motifs is 1. The van der Waals surface area contributed by atoms with Crippen LogP contribution in [0.25, 0.3) is 0 Å². The maximum atomic E-state index is 13.0. The first-order valence-corrected chi connectivity index (χ1v) is 15.3. The third kappa shape index (κ3) is 6.73. The molecule has 2 aromatic rings. The summed E-state index contributed by atoms with van der Waals surface area (Å²) >= 11 is 17.9. The Morgan fingerprint density at radius 2 is 1.95 bits per heavy atom. The molecule has 1 amide bonds. The summed E-state index contributed by atoms with van der Waals surface area (Å²) in [4.78, 5) is 43.3. The van der Waals surface area contributed by atoms with Gasteiger partial charge < -0.3 is 15.0 Å². The van der Waals surface area contributed by atoms with Crippen LogP contribution in [0.15, 0.2) is 52.8 Å². The van der Waals surface area contributed by atoms with Crippen molar-refractivity contribution in [1.29, 1.82) is 0 Å². The van der Waals surface area contributed by atoms with E-state index in [4.69, 9.17) is 40.0 Å².